The minimum Gasteiger partial charge on any atom is -0.365 e. The van der Waals surface area contributed by atoms with Crippen molar-refractivity contribution in [2.24, 2.45) is 5.92 Å². The van der Waals surface area contributed by atoms with E-state index in [1.807, 2.05) is 24.0 Å². The summed E-state index contributed by atoms with van der Waals surface area (Å²) in [4.78, 5) is 38.2. The van der Waals surface area contributed by atoms with Crippen molar-refractivity contribution in [3.63, 3.8) is 0 Å². The average Bonchev–Trinajstić information content (AvgIpc) is 3.38. The van der Waals surface area contributed by atoms with E-state index in [2.05, 4.69) is 20.3 Å². The number of rotatable bonds is 4. The molecule has 2 aromatic heterocycles. The number of aromatic amines is 1. The van der Waals surface area contributed by atoms with E-state index in [0.29, 0.717) is 17.3 Å². The van der Waals surface area contributed by atoms with E-state index in [1.165, 1.54) is 12.8 Å². The predicted octanol–water partition coefficient (Wildman–Crippen LogP) is 2.65. The highest BCUT2D eigenvalue weighted by atomic mass is 16.2. The molecule has 0 radical (unpaired) electrons. The highest BCUT2D eigenvalue weighted by Crippen LogP contribution is 2.28. The Morgan fingerprint density at radius 1 is 1.21 bits per heavy atom. The van der Waals surface area contributed by atoms with Crippen LogP contribution in [0.3, 0.4) is 0 Å². The van der Waals surface area contributed by atoms with Gasteiger partial charge in [0.2, 0.25) is 5.91 Å². The molecule has 0 spiro atoms. The monoisotopic (exact) mass is 381 g/mol. The summed E-state index contributed by atoms with van der Waals surface area (Å²) < 4.78 is 0. The average molecular weight is 381 g/mol. The first-order chi connectivity index (χ1) is 13.5. The molecule has 1 aliphatic carbocycles. The Labute approximate surface area is 164 Å². The lowest BCUT2D eigenvalue weighted by Crippen LogP contribution is -2.35. The van der Waals surface area contributed by atoms with Crippen LogP contribution in [-0.4, -0.2) is 44.9 Å². The molecule has 4 rings (SSSR count). The Balaban J connectivity index is 1.39. The lowest BCUT2D eigenvalue weighted by atomic mass is 10.1. The molecule has 1 aliphatic heterocycles. The number of carbonyl (C=O) groups excluding carboxylic acids is 1. The van der Waals surface area contributed by atoms with Gasteiger partial charge in [0.05, 0.1) is 0 Å². The van der Waals surface area contributed by atoms with Crippen LogP contribution in [0.15, 0.2) is 23.1 Å². The van der Waals surface area contributed by atoms with Crippen molar-refractivity contribution < 1.29 is 4.79 Å². The molecule has 1 saturated carbocycles. The number of nitrogens with zero attached hydrogens (tertiary/aromatic N) is 3. The van der Waals surface area contributed by atoms with E-state index in [4.69, 9.17) is 0 Å². The third kappa shape index (κ3) is 3.79. The predicted molar refractivity (Wildman–Crippen MR) is 108 cm³/mol. The third-order valence-electron chi connectivity index (χ3n) is 5.99. The largest absolute Gasteiger partial charge is 0.365 e. The molecular formula is C21H27N5O2. The Morgan fingerprint density at radius 2 is 2.00 bits per heavy atom. The molecule has 7 heteroatoms. The lowest BCUT2D eigenvalue weighted by molar-refractivity contribution is -0.134. The number of likely N-dealkylation sites (tertiary alicyclic amines) is 1. The zero-order chi connectivity index (χ0) is 19.7. The summed E-state index contributed by atoms with van der Waals surface area (Å²) >= 11 is 0. The topological polar surface area (TPSA) is 91.0 Å². The molecule has 7 nitrogen and oxygen atoms in total. The van der Waals surface area contributed by atoms with Gasteiger partial charge in [0.15, 0.2) is 0 Å². The Bertz CT molecular complexity index is 915. The number of pyridine rings is 1. The summed E-state index contributed by atoms with van der Waals surface area (Å²) in [5.74, 6) is 1.87. The maximum atomic E-state index is 12.6. The molecule has 2 N–H and O–H groups in total. The number of aryl methyl sites for hydroxylation is 1. The van der Waals surface area contributed by atoms with Crippen LogP contribution in [0.4, 0.5) is 5.82 Å². The molecule has 3 heterocycles. The van der Waals surface area contributed by atoms with Crippen LogP contribution in [-0.2, 0) is 4.79 Å². The van der Waals surface area contributed by atoms with Crippen LogP contribution in [0.25, 0.3) is 11.4 Å². The Hall–Kier alpha value is -2.70. The van der Waals surface area contributed by atoms with E-state index >= 15 is 0 Å². The standard InChI is InChI=1S/C21H27N5O2/c1-13-14(2)23-19(25-20(13)27)16-7-8-18(22-11-16)24-17-9-10-26(12-17)21(28)15-5-3-4-6-15/h7-8,11,15,17H,3-6,9-10,12H2,1-2H3,(H,22,24)(H,23,25,27). The minimum absolute atomic E-state index is 0.123. The number of hydrogen-bond donors (Lipinski definition) is 2. The van der Waals surface area contributed by atoms with Gasteiger partial charge in [-0.25, -0.2) is 9.97 Å². The number of hydrogen-bond acceptors (Lipinski definition) is 5. The fraction of sp³-hybridized carbons (Fsp3) is 0.524. The van der Waals surface area contributed by atoms with Crippen molar-refractivity contribution in [3.8, 4) is 11.4 Å². The Morgan fingerprint density at radius 3 is 2.68 bits per heavy atom. The first kappa shape index (κ1) is 18.7. The molecule has 1 atom stereocenters. The fourth-order valence-electron chi connectivity index (χ4n) is 4.12. The van der Waals surface area contributed by atoms with Crippen LogP contribution >= 0.6 is 0 Å². The SMILES string of the molecule is Cc1nc(-c2ccc(NC3CCN(C(=O)C4CCCC4)C3)nc2)[nH]c(=O)c1C. The van der Waals surface area contributed by atoms with Gasteiger partial charge in [-0.05, 0) is 45.2 Å². The Kier molecular flexibility index (Phi) is 5.15. The van der Waals surface area contributed by atoms with Gasteiger partial charge in [0, 0.05) is 48.1 Å². The number of carbonyl (C=O) groups is 1. The number of anilines is 1. The van der Waals surface area contributed by atoms with Crippen LogP contribution < -0.4 is 10.9 Å². The van der Waals surface area contributed by atoms with Gasteiger partial charge in [0.25, 0.3) is 5.56 Å². The summed E-state index contributed by atoms with van der Waals surface area (Å²) in [6.45, 7) is 5.15. The normalized spacial score (nSPS) is 19.9. The van der Waals surface area contributed by atoms with Gasteiger partial charge in [-0.2, -0.15) is 0 Å². The van der Waals surface area contributed by atoms with Gasteiger partial charge in [-0.1, -0.05) is 12.8 Å². The van der Waals surface area contributed by atoms with E-state index in [-0.39, 0.29) is 17.5 Å². The van der Waals surface area contributed by atoms with Gasteiger partial charge < -0.3 is 15.2 Å². The highest BCUT2D eigenvalue weighted by Gasteiger charge is 2.32. The maximum Gasteiger partial charge on any atom is 0.254 e. The summed E-state index contributed by atoms with van der Waals surface area (Å²) in [5.41, 5.74) is 2.00. The van der Waals surface area contributed by atoms with Gasteiger partial charge in [0.1, 0.15) is 11.6 Å². The smallest absolute Gasteiger partial charge is 0.254 e. The third-order valence-corrected chi connectivity index (χ3v) is 5.99. The summed E-state index contributed by atoms with van der Waals surface area (Å²) in [5, 5.41) is 3.43. The number of aromatic nitrogens is 3. The second kappa shape index (κ2) is 7.73. The summed E-state index contributed by atoms with van der Waals surface area (Å²) in [7, 11) is 0. The van der Waals surface area contributed by atoms with Crippen molar-refractivity contribution in [2.45, 2.75) is 52.0 Å². The van der Waals surface area contributed by atoms with E-state index < -0.39 is 0 Å². The lowest BCUT2D eigenvalue weighted by Gasteiger charge is -2.20. The van der Waals surface area contributed by atoms with Crippen molar-refractivity contribution in [1.29, 1.82) is 0 Å². The van der Waals surface area contributed by atoms with Crippen LogP contribution in [0.5, 0.6) is 0 Å². The quantitative estimate of drug-likeness (QED) is 0.850. The van der Waals surface area contributed by atoms with Crippen molar-refractivity contribution in [1.82, 2.24) is 19.9 Å². The molecule has 1 amide bonds. The first-order valence-corrected chi connectivity index (χ1v) is 10.1. The highest BCUT2D eigenvalue weighted by molar-refractivity contribution is 5.79. The van der Waals surface area contributed by atoms with E-state index in [0.717, 1.165) is 49.4 Å². The van der Waals surface area contributed by atoms with Crippen LogP contribution in [0, 0.1) is 19.8 Å². The van der Waals surface area contributed by atoms with Gasteiger partial charge >= 0.3 is 0 Å². The molecule has 1 saturated heterocycles. The molecule has 0 aromatic carbocycles. The summed E-state index contributed by atoms with van der Waals surface area (Å²) in [6, 6.07) is 4.02. The molecule has 28 heavy (non-hydrogen) atoms. The molecule has 0 bridgehead atoms. The van der Waals surface area contributed by atoms with E-state index in [9.17, 15) is 9.59 Å². The fourth-order valence-corrected chi connectivity index (χ4v) is 4.12. The zero-order valence-electron chi connectivity index (χ0n) is 16.5. The minimum atomic E-state index is -0.123. The van der Waals surface area contributed by atoms with Crippen LogP contribution in [0.2, 0.25) is 0 Å². The molecule has 1 unspecified atom stereocenters. The van der Waals surface area contributed by atoms with Crippen molar-refractivity contribution in [3.05, 3.63) is 39.9 Å². The van der Waals surface area contributed by atoms with E-state index in [1.54, 1.807) is 13.1 Å². The number of nitrogens with one attached hydrogen (secondary N) is 2. The number of H-pyrrole nitrogens is 1. The maximum absolute atomic E-state index is 12.6. The van der Waals surface area contributed by atoms with Crippen LogP contribution in [0.1, 0.15) is 43.4 Å². The molecule has 148 valence electrons. The van der Waals surface area contributed by atoms with Crippen molar-refractivity contribution >= 4 is 11.7 Å². The number of amides is 1. The van der Waals surface area contributed by atoms with Gasteiger partial charge in [-0.15, -0.1) is 0 Å². The molecule has 2 aromatic rings. The second-order valence-electron chi connectivity index (χ2n) is 7.95. The molecule has 2 aliphatic rings. The first-order valence-electron chi connectivity index (χ1n) is 10.1. The molecule has 2 fully saturated rings. The van der Waals surface area contributed by atoms with Gasteiger partial charge in [-0.3, -0.25) is 9.59 Å². The molecular weight excluding hydrogens is 354 g/mol. The second-order valence-corrected chi connectivity index (χ2v) is 7.95. The zero-order valence-corrected chi connectivity index (χ0v) is 16.5. The summed E-state index contributed by atoms with van der Waals surface area (Å²) in [6.07, 6.45) is 7.11. The van der Waals surface area contributed by atoms with Crippen molar-refractivity contribution in [2.75, 3.05) is 18.4 Å².